The standard InChI is InChI=1S/C22H18ClNOS/c1-17(16-26-21-10-6-3-7-11-21)22(24-19-8-4-2-5-9-19)25-20-14-12-18(23)13-15-20/h2-16H,1H3/b17-16+,24-22?. The molecule has 130 valence electrons. The fourth-order valence-corrected chi connectivity index (χ4v) is 2.99. The van der Waals surface area contributed by atoms with Crippen molar-refractivity contribution in [2.45, 2.75) is 11.8 Å². The van der Waals surface area contributed by atoms with Crippen LogP contribution in [-0.4, -0.2) is 5.90 Å². The van der Waals surface area contributed by atoms with Gasteiger partial charge in [-0.3, -0.25) is 0 Å². The third-order valence-corrected chi connectivity index (χ3v) is 4.74. The molecule has 0 aliphatic carbocycles. The quantitative estimate of drug-likeness (QED) is 0.267. The molecule has 3 aromatic carbocycles. The van der Waals surface area contributed by atoms with Crippen molar-refractivity contribution < 1.29 is 4.74 Å². The first-order valence-electron chi connectivity index (χ1n) is 8.17. The van der Waals surface area contributed by atoms with Crippen molar-refractivity contribution in [2.75, 3.05) is 0 Å². The number of hydrogen-bond donors (Lipinski definition) is 0. The number of halogens is 1. The minimum atomic E-state index is 0.557. The van der Waals surface area contributed by atoms with E-state index in [2.05, 4.69) is 17.1 Å². The molecular weight excluding hydrogens is 362 g/mol. The van der Waals surface area contributed by atoms with Gasteiger partial charge in [-0.2, -0.15) is 0 Å². The second-order valence-electron chi connectivity index (χ2n) is 5.54. The lowest BCUT2D eigenvalue weighted by atomic mass is 10.3. The zero-order chi connectivity index (χ0) is 18.2. The molecule has 0 aromatic heterocycles. The lowest BCUT2D eigenvalue weighted by molar-refractivity contribution is 0.551. The van der Waals surface area contributed by atoms with Gasteiger partial charge in [0, 0.05) is 15.5 Å². The highest BCUT2D eigenvalue weighted by molar-refractivity contribution is 8.02. The molecule has 0 N–H and O–H groups in total. The van der Waals surface area contributed by atoms with Crippen molar-refractivity contribution in [1.29, 1.82) is 0 Å². The van der Waals surface area contributed by atoms with Gasteiger partial charge >= 0.3 is 0 Å². The Labute approximate surface area is 163 Å². The highest BCUT2D eigenvalue weighted by atomic mass is 35.5. The number of para-hydroxylation sites is 1. The van der Waals surface area contributed by atoms with Gasteiger partial charge in [-0.15, -0.1) is 0 Å². The van der Waals surface area contributed by atoms with Crippen LogP contribution >= 0.6 is 23.4 Å². The number of ether oxygens (including phenoxy) is 1. The Hall–Kier alpha value is -2.49. The molecule has 0 aliphatic rings. The summed E-state index contributed by atoms with van der Waals surface area (Å²) in [6.45, 7) is 1.99. The largest absolute Gasteiger partial charge is 0.439 e. The molecular formula is C22H18ClNOS. The van der Waals surface area contributed by atoms with E-state index in [1.165, 1.54) is 0 Å². The summed E-state index contributed by atoms with van der Waals surface area (Å²) in [6.07, 6.45) is 0. The Morgan fingerprint density at radius 2 is 1.50 bits per heavy atom. The summed E-state index contributed by atoms with van der Waals surface area (Å²) in [7, 11) is 0. The summed E-state index contributed by atoms with van der Waals surface area (Å²) in [5.74, 6) is 1.25. The minimum absolute atomic E-state index is 0.557. The van der Waals surface area contributed by atoms with Crippen LogP contribution in [0.4, 0.5) is 5.69 Å². The van der Waals surface area contributed by atoms with Crippen LogP contribution in [0.2, 0.25) is 5.02 Å². The van der Waals surface area contributed by atoms with E-state index >= 15 is 0 Å². The fourth-order valence-electron chi connectivity index (χ4n) is 2.13. The van der Waals surface area contributed by atoms with E-state index in [4.69, 9.17) is 16.3 Å². The molecule has 3 aromatic rings. The van der Waals surface area contributed by atoms with Gasteiger partial charge in [-0.05, 0) is 60.9 Å². The van der Waals surface area contributed by atoms with Gasteiger partial charge in [0.25, 0.3) is 0 Å². The van der Waals surface area contributed by atoms with Crippen molar-refractivity contribution in [3.63, 3.8) is 0 Å². The van der Waals surface area contributed by atoms with Gasteiger partial charge in [-0.25, -0.2) is 4.99 Å². The Bertz CT molecular complexity index is 890. The van der Waals surface area contributed by atoms with Gasteiger partial charge in [0.05, 0.1) is 5.69 Å². The van der Waals surface area contributed by atoms with E-state index in [0.29, 0.717) is 16.7 Å². The fraction of sp³-hybridized carbons (Fsp3) is 0.0455. The summed E-state index contributed by atoms with van der Waals surface area (Å²) in [4.78, 5) is 5.83. The Morgan fingerprint density at radius 3 is 2.15 bits per heavy atom. The van der Waals surface area contributed by atoms with Crippen LogP contribution in [-0.2, 0) is 0 Å². The first kappa shape index (κ1) is 18.3. The molecule has 4 heteroatoms. The Morgan fingerprint density at radius 1 is 0.885 bits per heavy atom. The average molecular weight is 380 g/mol. The van der Waals surface area contributed by atoms with Crippen LogP contribution < -0.4 is 4.74 Å². The Kier molecular flexibility index (Phi) is 6.53. The lowest BCUT2D eigenvalue weighted by Gasteiger charge is -2.10. The van der Waals surface area contributed by atoms with Gasteiger partial charge in [0.15, 0.2) is 0 Å². The summed E-state index contributed by atoms with van der Waals surface area (Å²) in [5.41, 5.74) is 1.78. The van der Waals surface area contributed by atoms with Crippen LogP contribution in [0, 0.1) is 0 Å². The summed E-state index contributed by atoms with van der Waals surface area (Å²) in [6, 6.07) is 27.2. The second-order valence-corrected chi connectivity index (χ2v) is 6.92. The molecule has 0 unspecified atom stereocenters. The van der Waals surface area contributed by atoms with Gasteiger partial charge in [-0.1, -0.05) is 59.8 Å². The first-order chi connectivity index (χ1) is 12.7. The molecule has 0 amide bonds. The molecule has 0 fully saturated rings. The molecule has 0 saturated carbocycles. The van der Waals surface area contributed by atoms with E-state index in [1.807, 2.05) is 73.0 Å². The van der Waals surface area contributed by atoms with Crippen molar-refractivity contribution in [3.05, 3.63) is 101 Å². The van der Waals surface area contributed by atoms with Crippen molar-refractivity contribution >= 4 is 34.9 Å². The van der Waals surface area contributed by atoms with E-state index in [0.717, 1.165) is 16.2 Å². The Balaban J connectivity index is 1.86. The lowest BCUT2D eigenvalue weighted by Crippen LogP contribution is -2.09. The van der Waals surface area contributed by atoms with Gasteiger partial charge in [0.2, 0.25) is 5.90 Å². The van der Waals surface area contributed by atoms with Crippen LogP contribution in [0.15, 0.2) is 106 Å². The molecule has 0 saturated heterocycles. The van der Waals surface area contributed by atoms with E-state index in [-0.39, 0.29) is 0 Å². The maximum Gasteiger partial charge on any atom is 0.223 e. The molecule has 0 spiro atoms. The minimum Gasteiger partial charge on any atom is -0.439 e. The number of benzene rings is 3. The second kappa shape index (κ2) is 9.27. The van der Waals surface area contributed by atoms with Crippen LogP contribution in [0.3, 0.4) is 0 Å². The average Bonchev–Trinajstić information content (AvgIpc) is 2.69. The predicted octanol–water partition coefficient (Wildman–Crippen LogP) is 7.15. The number of thioether (sulfide) groups is 1. The van der Waals surface area contributed by atoms with Crippen LogP contribution in [0.25, 0.3) is 0 Å². The monoisotopic (exact) mass is 379 g/mol. The zero-order valence-electron chi connectivity index (χ0n) is 14.3. The normalized spacial score (nSPS) is 12.1. The highest BCUT2D eigenvalue weighted by Gasteiger charge is 2.07. The molecule has 0 heterocycles. The molecule has 0 bridgehead atoms. The van der Waals surface area contributed by atoms with Crippen molar-refractivity contribution in [1.82, 2.24) is 0 Å². The van der Waals surface area contributed by atoms with Crippen molar-refractivity contribution in [3.8, 4) is 5.75 Å². The topological polar surface area (TPSA) is 21.6 Å². The zero-order valence-corrected chi connectivity index (χ0v) is 15.9. The van der Waals surface area contributed by atoms with Crippen LogP contribution in [0.1, 0.15) is 6.92 Å². The molecule has 0 aliphatic heterocycles. The van der Waals surface area contributed by atoms with Gasteiger partial charge < -0.3 is 4.74 Å². The van der Waals surface area contributed by atoms with E-state index in [1.54, 1.807) is 23.9 Å². The summed E-state index contributed by atoms with van der Waals surface area (Å²) in [5, 5.41) is 2.72. The highest BCUT2D eigenvalue weighted by Crippen LogP contribution is 2.23. The first-order valence-corrected chi connectivity index (χ1v) is 9.42. The van der Waals surface area contributed by atoms with Crippen molar-refractivity contribution in [2.24, 2.45) is 4.99 Å². The number of nitrogens with zero attached hydrogens (tertiary/aromatic N) is 1. The summed E-state index contributed by atoms with van der Waals surface area (Å²) < 4.78 is 6.03. The molecule has 26 heavy (non-hydrogen) atoms. The van der Waals surface area contributed by atoms with Crippen LogP contribution in [0.5, 0.6) is 5.75 Å². The van der Waals surface area contributed by atoms with E-state index in [9.17, 15) is 0 Å². The SMILES string of the molecule is C/C(=C\Sc1ccccc1)C(=Nc1ccccc1)Oc1ccc(Cl)cc1. The van der Waals surface area contributed by atoms with E-state index < -0.39 is 0 Å². The molecule has 2 nitrogen and oxygen atoms in total. The maximum absolute atomic E-state index is 6.03. The molecule has 3 rings (SSSR count). The number of hydrogen-bond acceptors (Lipinski definition) is 3. The smallest absolute Gasteiger partial charge is 0.223 e. The number of aliphatic imine (C=N–C) groups is 1. The third kappa shape index (κ3) is 5.51. The maximum atomic E-state index is 6.03. The number of rotatable bonds is 5. The third-order valence-electron chi connectivity index (χ3n) is 3.47. The molecule has 0 radical (unpaired) electrons. The molecule has 0 atom stereocenters. The predicted molar refractivity (Wildman–Crippen MR) is 112 cm³/mol. The van der Waals surface area contributed by atoms with Gasteiger partial charge in [0.1, 0.15) is 5.75 Å². The summed E-state index contributed by atoms with van der Waals surface area (Å²) >= 11 is 7.59.